The summed E-state index contributed by atoms with van der Waals surface area (Å²) in [6.07, 6.45) is 0. The third-order valence-corrected chi connectivity index (χ3v) is 3.82. The average molecular weight is 252 g/mol. The number of nitrogens with zero attached hydrogens (tertiary/aromatic N) is 2. The molecule has 1 heterocycles. The highest BCUT2D eigenvalue weighted by atomic mass is 32.2. The summed E-state index contributed by atoms with van der Waals surface area (Å²) in [4.78, 5) is 3.73. The van der Waals surface area contributed by atoms with Crippen LogP contribution in [-0.2, 0) is 0 Å². The van der Waals surface area contributed by atoms with Gasteiger partial charge in [-0.05, 0) is 38.1 Å². The third kappa shape index (κ3) is 5.11. The maximum Gasteiger partial charge on any atom is 0.0230 e. The van der Waals surface area contributed by atoms with Gasteiger partial charge in [-0.25, -0.2) is 4.31 Å². The molecule has 1 aliphatic rings. The highest BCUT2D eigenvalue weighted by molar-refractivity contribution is 7.97. The Bertz CT molecular complexity index is 303. The molecule has 1 saturated heterocycles. The molecular weight excluding hydrogens is 228 g/mol. The van der Waals surface area contributed by atoms with E-state index in [1.807, 2.05) is 25.8 Å². The number of benzene rings is 1. The van der Waals surface area contributed by atoms with Gasteiger partial charge in [0.2, 0.25) is 0 Å². The lowest BCUT2D eigenvalue weighted by molar-refractivity contribution is 0.233. The van der Waals surface area contributed by atoms with Crippen LogP contribution in [0.25, 0.3) is 0 Å². The Balaban J connectivity index is 0.000000686. The predicted molar refractivity (Wildman–Crippen MR) is 77.5 cm³/mol. The molecule has 0 aliphatic carbocycles. The van der Waals surface area contributed by atoms with E-state index < -0.39 is 0 Å². The van der Waals surface area contributed by atoms with Gasteiger partial charge in [0.25, 0.3) is 0 Å². The number of hydrogen-bond donors (Lipinski definition) is 0. The van der Waals surface area contributed by atoms with Crippen LogP contribution in [0.3, 0.4) is 0 Å². The lowest BCUT2D eigenvalue weighted by Crippen LogP contribution is -2.40. The van der Waals surface area contributed by atoms with E-state index in [4.69, 9.17) is 0 Å². The van der Waals surface area contributed by atoms with Crippen LogP contribution in [0, 0.1) is 6.92 Å². The molecule has 0 atom stereocenters. The van der Waals surface area contributed by atoms with Gasteiger partial charge < -0.3 is 4.90 Å². The second kappa shape index (κ2) is 7.75. The Morgan fingerprint density at radius 2 is 1.47 bits per heavy atom. The fraction of sp³-hybridized carbons (Fsp3) is 0.571. The zero-order chi connectivity index (χ0) is 12.7. The van der Waals surface area contributed by atoms with Crippen molar-refractivity contribution in [1.29, 1.82) is 0 Å². The molecule has 0 radical (unpaired) electrons. The molecule has 0 spiro atoms. The van der Waals surface area contributed by atoms with Crippen molar-refractivity contribution in [3.8, 4) is 0 Å². The first-order chi connectivity index (χ1) is 8.24. The molecule has 0 aromatic heterocycles. The zero-order valence-corrected chi connectivity index (χ0v) is 12.3. The van der Waals surface area contributed by atoms with E-state index in [0.717, 1.165) is 13.1 Å². The lowest BCUT2D eigenvalue weighted by Gasteiger charge is -2.31. The number of likely N-dealkylation sites (N-methyl/N-ethyl adjacent to an activating group) is 1. The summed E-state index contributed by atoms with van der Waals surface area (Å²) in [7, 11) is 2.19. The minimum absolute atomic E-state index is 1.16. The van der Waals surface area contributed by atoms with E-state index in [-0.39, 0.29) is 0 Å². The molecule has 0 saturated carbocycles. The van der Waals surface area contributed by atoms with Gasteiger partial charge in [0.05, 0.1) is 0 Å². The first kappa shape index (κ1) is 14.6. The number of piperazine rings is 1. The van der Waals surface area contributed by atoms with Crippen molar-refractivity contribution in [2.75, 3.05) is 33.2 Å². The SMILES string of the molecule is CC.Cc1ccc(SN2CCN(C)CC2)cc1. The van der Waals surface area contributed by atoms with Gasteiger partial charge >= 0.3 is 0 Å². The van der Waals surface area contributed by atoms with Crippen LogP contribution in [0.1, 0.15) is 19.4 Å². The minimum atomic E-state index is 1.16. The Morgan fingerprint density at radius 3 is 2.00 bits per heavy atom. The molecule has 1 fully saturated rings. The number of aryl methyl sites for hydroxylation is 1. The highest BCUT2D eigenvalue weighted by Gasteiger charge is 2.14. The Labute approximate surface area is 110 Å². The molecule has 96 valence electrons. The average Bonchev–Trinajstić information content (AvgIpc) is 2.37. The van der Waals surface area contributed by atoms with Gasteiger partial charge in [-0.1, -0.05) is 31.5 Å². The number of rotatable bonds is 2. The first-order valence-corrected chi connectivity index (χ1v) is 7.19. The molecule has 2 rings (SSSR count). The second-order valence-electron chi connectivity index (χ2n) is 4.14. The molecular formula is C14H24N2S. The van der Waals surface area contributed by atoms with Crippen LogP contribution in [0.4, 0.5) is 0 Å². The summed E-state index contributed by atoms with van der Waals surface area (Å²) in [6, 6.07) is 8.77. The first-order valence-electron chi connectivity index (χ1n) is 6.42. The fourth-order valence-electron chi connectivity index (χ4n) is 1.63. The summed E-state index contributed by atoms with van der Waals surface area (Å²) in [5.74, 6) is 0. The predicted octanol–water partition coefficient (Wildman–Crippen LogP) is 3.28. The van der Waals surface area contributed by atoms with Crippen LogP contribution in [0.2, 0.25) is 0 Å². The maximum atomic E-state index is 2.45. The van der Waals surface area contributed by atoms with E-state index in [0.29, 0.717) is 0 Å². The molecule has 0 unspecified atom stereocenters. The molecule has 0 bridgehead atoms. The van der Waals surface area contributed by atoms with Gasteiger partial charge in [0, 0.05) is 31.1 Å². The summed E-state index contributed by atoms with van der Waals surface area (Å²) in [6.45, 7) is 10.8. The van der Waals surface area contributed by atoms with Crippen LogP contribution in [-0.4, -0.2) is 42.4 Å². The zero-order valence-electron chi connectivity index (χ0n) is 11.4. The minimum Gasteiger partial charge on any atom is -0.304 e. The van der Waals surface area contributed by atoms with Gasteiger partial charge in [-0.15, -0.1) is 0 Å². The fourth-order valence-corrected chi connectivity index (χ4v) is 2.53. The number of hydrogen-bond acceptors (Lipinski definition) is 3. The smallest absolute Gasteiger partial charge is 0.0230 e. The summed E-state index contributed by atoms with van der Waals surface area (Å²) in [5, 5.41) is 0. The van der Waals surface area contributed by atoms with Gasteiger partial charge in [-0.2, -0.15) is 0 Å². The van der Waals surface area contributed by atoms with E-state index in [1.165, 1.54) is 23.5 Å². The van der Waals surface area contributed by atoms with E-state index in [1.54, 1.807) is 0 Å². The molecule has 1 aromatic carbocycles. The highest BCUT2D eigenvalue weighted by Crippen LogP contribution is 2.23. The van der Waals surface area contributed by atoms with Crippen molar-refractivity contribution < 1.29 is 0 Å². The van der Waals surface area contributed by atoms with E-state index in [9.17, 15) is 0 Å². The Morgan fingerprint density at radius 1 is 0.941 bits per heavy atom. The van der Waals surface area contributed by atoms with Crippen molar-refractivity contribution in [1.82, 2.24) is 9.21 Å². The summed E-state index contributed by atoms with van der Waals surface area (Å²) < 4.78 is 2.45. The van der Waals surface area contributed by atoms with Crippen molar-refractivity contribution >= 4 is 11.9 Å². The summed E-state index contributed by atoms with van der Waals surface area (Å²) in [5.41, 5.74) is 1.33. The standard InChI is InChI=1S/C12H18N2S.C2H6/c1-11-3-5-12(6-4-11)15-14-9-7-13(2)8-10-14;1-2/h3-6H,7-10H2,1-2H3;1-2H3. The van der Waals surface area contributed by atoms with E-state index >= 15 is 0 Å². The third-order valence-electron chi connectivity index (χ3n) is 2.72. The monoisotopic (exact) mass is 252 g/mol. The Kier molecular flexibility index (Phi) is 6.63. The summed E-state index contributed by atoms with van der Waals surface area (Å²) >= 11 is 1.88. The molecule has 2 nitrogen and oxygen atoms in total. The molecule has 1 aliphatic heterocycles. The van der Waals surface area contributed by atoms with Crippen molar-refractivity contribution in [2.24, 2.45) is 0 Å². The van der Waals surface area contributed by atoms with Crippen molar-refractivity contribution in [3.63, 3.8) is 0 Å². The quantitative estimate of drug-likeness (QED) is 0.746. The van der Waals surface area contributed by atoms with Crippen LogP contribution >= 0.6 is 11.9 Å². The topological polar surface area (TPSA) is 6.48 Å². The molecule has 1 aromatic rings. The van der Waals surface area contributed by atoms with Crippen molar-refractivity contribution in [3.05, 3.63) is 29.8 Å². The normalized spacial score (nSPS) is 17.4. The van der Waals surface area contributed by atoms with Gasteiger partial charge in [0.15, 0.2) is 0 Å². The molecule has 0 N–H and O–H groups in total. The van der Waals surface area contributed by atoms with Crippen molar-refractivity contribution in [2.45, 2.75) is 25.7 Å². The molecule has 17 heavy (non-hydrogen) atoms. The lowest BCUT2D eigenvalue weighted by atomic mass is 10.2. The van der Waals surface area contributed by atoms with Gasteiger partial charge in [-0.3, -0.25) is 0 Å². The maximum absolute atomic E-state index is 2.45. The molecule has 0 amide bonds. The second-order valence-corrected chi connectivity index (χ2v) is 5.31. The van der Waals surface area contributed by atoms with E-state index in [2.05, 4.69) is 47.4 Å². The Hall–Kier alpha value is -0.510. The van der Waals surface area contributed by atoms with Crippen LogP contribution in [0.5, 0.6) is 0 Å². The van der Waals surface area contributed by atoms with Gasteiger partial charge in [0.1, 0.15) is 0 Å². The molecule has 3 heteroatoms. The largest absolute Gasteiger partial charge is 0.304 e. The van der Waals surface area contributed by atoms with Crippen LogP contribution < -0.4 is 0 Å². The van der Waals surface area contributed by atoms with Crippen LogP contribution in [0.15, 0.2) is 29.2 Å².